The summed E-state index contributed by atoms with van der Waals surface area (Å²) in [6.07, 6.45) is 1.88. The molecular formula is C21H21ClN4O3S2. The number of nitrogens with zero attached hydrogens (tertiary/aromatic N) is 3. The lowest BCUT2D eigenvalue weighted by molar-refractivity contribution is -0.130. The lowest BCUT2D eigenvalue weighted by atomic mass is 10.1. The van der Waals surface area contributed by atoms with Crippen LogP contribution >= 0.6 is 22.9 Å². The lowest BCUT2D eigenvalue weighted by Gasteiger charge is -2.36. The van der Waals surface area contributed by atoms with Gasteiger partial charge < -0.3 is 9.80 Å². The molecule has 162 valence electrons. The number of hydrogen-bond acceptors (Lipinski definition) is 6. The predicted octanol–water partition coefficient (Wildman–Crippen LogP) is 3.49. The third kappa shape index (κ3) is 5.36. The molecule has 1 saturated heterocycles. The van der Waals surface area contributed by atoms with Crippen molar-refractivity contribution in [2.24, 2.45) is 0 Å². The predicted molar refractivity (Wildman–Crippen MR) is 123 cm³/mol. The van der Waals surface area contributed by atoms with Crippen molar-refractivity contribution in [3.63, 3.8) is 0 Å². The molecule has 1 aliphatic heterocycles. The molecule has 0 spiro atoms. The van der Waals surface area contributed by atoms with E-state index in [0.29, 0.717) is 42.8 Å². The molecule has 10 heteroatoms. The van der Waals surface area contributed by atoms with E-state index in [0.717, 1.165) is 11.3 Å². The van der Waals surface area contributed by atoms with E-state index in [1.165, 1.54) is 11.3 Å². The van der Waals surface area contributed by atoms with Crippen LogP contribution in [-0.4, -0.2) is 50.4 Å². The zero-order valence-electron chi connectivity index (χ0n) is 16.6. The number of rotatable bonds is 6. The van der Waals surface area contributed by atoms with Crippen LogP contribution in [0.4, 0.5) is 10.8 Å². The van der Waals surface area contributed by atoms with Crippen molar-refractivity contribution in [1.29, 1.82) is 0 Å². The number of thiazole rings is 1. The molecule has 7 nitrogen and oxygen atoms in total. The number of carbonyl (C=O) groups is 1. The summed E-state index contributed by atoms with van der Waals surface area (Å²) in [5.74, 6) is 0.0802. The molecule has 2 heterocycles. The van der Waals surface area contributed by atoms with E-state index < -0.39 is 10.0 Å². The van der Waals surface area contributed by atoms with Crippen molar-refractivity contribution in [3.8, 4) is 0 Å². The van der Waals surface area contributed by atoms with Crippen molar-refractivity contribution in [1.82, 2.24) is 9.88 Å². The highest BCUT2D eigenvalue weighted by Gasteiger charge is 2.22. The first-order chi connectivity index (χ1) is 14.9. The summed E-state index contributed by atoms with van der Waals surface area (Å²) in [5.41, 5.74) is 1.83. The number of halogens is 1. The van der Waals surface area contributed by atoms with Gasteiger partial charge in [-0.05, 0) is 42.0 Å². The van der Waals surface area contributed by atoms with Crippen LogP contribution in [-0.2, 0) is 21.2 Å². The fourth-order valence-electron chi connectivity index (χ4n) is 3.43. The van der Waals surface area contributed by atoms with Crippen LogP contribution in [0.5, 0.6) is 0 Å². The Kier molecular flexibility index (Phi) is 6.45. The van der Waals surface area contributed by atoms with Gasteiger partial charge in [0.05, 0.1) is 11.3 Å². The largest absolute Gasteiger partial charge is 0.368 e. The smallest absolute Gasteiger partial charge is 0.263 e. The topological polar surface area (TPSA) is 82.6 Å². The van der Waals surface area contributed by atoms with Crippen LogP contribution in [0, 0.1) is 0 Å². The standard InChI is InChI=1S/C21H21ClN4O3S2/c22-17-3-1-2-16(14-17)15-20(27)26-11-9-25(10-12-26)18-4-6-19(7-5-18)31(28,29)24-21-23-8-13-30-21/h1-8,13-14H,9-12,15H2,(H,23,24). The Bertz CT molecular complexity index is 1140. The number of benzene rings is 2. The second-order valence-electron chi connectivity index (χ2n) is 7.11. The molecule has 1 aromatic heterocycles. The van der Waals surface area contributed by atoms with Gasteiger partial charge in [0, 0.05) is 48.5 Å². The average molecular weight is 477 g/mol. The summed E-state index contributed by atoms with van der Waals surface area (Å²) in [7, 11) is -3.67. The molecule has 0 saturated carbocycles. The highest BCUT2D eigenvalue weighted by atomic mass is 35.5. The fraction of sp³-hybridized carbons (Fsp3) is 0.238. The van der Waals surface area contributed by atoms with Gasteiger partial charge in [0.15, 0.2) is 5.13 Å². The number of hydrogen-bond donors (Lipinski definition) is 1. The Morgan fingerprint density at radius 2 is 1.84 bits per heavy atom. The Morgan fingerprint density at radius 3 is 2.48 bits per heavy atom. The number of piperazine rings is 1. The number of amides is 1. The second kappa shape index (κ2) is 9.25. The maximum Gasteiger partial charge on any atom is 0.263 e. The molecule has 1 fully saturated rings. The number of aromatic nitrogens is 1. The van der Waals surface area contributed by atoms with E-state index in [4.69, 9.17) is 11.6 Å². The van der Waals surface area contributed by atoms with E-state index in [2.05, 4.69) is 14.6 Å². The summed E-state index contributed by atoms with van der Waals surface area (Å²) < 4.78 is 27.4. The summed E-state index contributed by atoms with van der Waals surface area (Å²) in [5, 5.41) is 2.67. The normalized spacial score (nSPS) is 14.5. The van der Waals surface area contributed by atoms with Crippen LogP contribution in [0.1, 0.15) is 5.56 Å². The van der Waals surface area contributed by atoms with Gasteiger partial charge in [-0.15, -0.1) is 11.3 Å². The minimum Gasteiger partial charge on any atom is -0.368 e. The molecule has 4 rings (SSSR count). The number of carbonyl (C=O) groups excluding carboxylic acids is 1. The first kappa shape index (κ1) is 21.6. The number of anilines is 2. The molecule has 0 unspecified atom stereocenters. The Morgan fingerprint density at radius 1 is 1.10 bits per heavy atom. The van der Waals surface area contributed by atoms with Crippen molar-refractivity contribution in [2.45, 2.75) is 11.3 Å². The first-order valence-corrected chi connectivity index (χ1v) is 12.4. The summed E-state index contributed by atoms with van der Waals surface area (Å²) in [6.45, 7) is 2.60. The van der Waals surface area contributed by atoms with Gasteiger partial charge in [-0.2, -0.15) is 0 Å². The highest BCUT2D eigenvalue weighted by Crippen LogP contribution is 2.22. The Balaban J connectivity index is 1.34. The van der Waals surface area contributed by atoms with Gasteiger partial charge in [0.25, 0.3) is 10.0 Å². The maximum atomic E-state index is 12.6. The van der Waals surface area contributed by atoms with Gasteiger partial charge >= 0.3 is 0 Å². The molecule has 2 aromatic carbocycles. The second-order valence-corrected chi connectivity index (χ2v) is 10.1. The van der Waals surface area contributed by atoms with Crippen LogP contribution in [0.2, 0.25) is 5.02 Å². The van der Waals surface area contributed by atoms with Gasteiger partial charge in [0.2, 0.25) is 5.91 Å². The Hall–Kier alpha value is -2.62. The zero-order chi connectivity index (χ0) is 21.8. The minimum atomic E-state index is -3.67. The zero-order valence-corrected chi connectivity index (χ0v) is 19.0. The summed E-state index contributed by atoms with van der Waals surface area (Å²) >= 11 is 7.23. The molecule has 0 atom stereocenters. The van der Waals surface area contributed by atoms with Crippen molar-refractivity contribution in [3.05, 3.63) is 70.7 Å². The third-order valence-corrected chi connectivity index (χ3v) is 7.45. The SMILES string of the molecule is O=C(Cc1cccc(Cl)c1)N1CCN(c2ccc(S(=O)(=O)Nc3nccs3)cc2)CC1. The van der Waals surface area contributed by atoms with Gasteiger partial charge in [0.1, 0.15) is 0 Å². The van der Waals surface area contributed by atoms with Crippen LogP contribution < -0.4 is 9.62 Å². The maximum absolute atomic E-state index is 12.6. The van der Waals surface area contributed by atoms with Crippen LogP contribution in [0.25, 0.3) is 0 Å². The molecule has 1 aliphatic rings. The molecular weight excluding hydrogens is 456 g/mol. The quantitative estimate of drug-likeness (QED) is 0.589. The molecule has 1 amide bonds. The molecule has 0 radical (unpaired) electrons. The molecule has 31 heavy (non-hydrogen) atoms. The molecule has 0 bridgehead atoms. The molecule has 1 N–H and O–H groups in total. The van der Waals surface area contributed by atoms with Gasteiger partial charge in [-0.3, -0.25) is 9.52 Å². The monoisotopic (exact) mass is 476 g/mol. The first-order valence-electron chi connectivity index (χ1n) is 9.70. The fourth-order valence-corrected chi connectivity index (χ4v) is 5.43. The van der Waals surface area contributed by atoms with E-state index in [-0.39, 0.29) is 10.8 Å². The van der Waals surface area contributed by atoms with Crippen LogP contribution in [0.3, 0.4) is 0 Å². The summed E-state index contributed by atoms with van der Waals surface area (Å²) in [4.78, 5) is 20.7. The molecule has 0 aliphatic carbocycles. The van der Waals surface area contributed by atoms with E-state index >= 15 is 0 Å². The molecule has 3 aromatic rings. The minimum absolute atomic E-state index is 0.0802. The van der Waals surface area contributed by atoms with Gasteiger partial charge in [-0.25, -0.2) is 13.4 Å². The Labute approximate surface area is 190 Å². The third-order valence-electron chi connectivity index (χ3n) is 5.04. The lowest BCUT2D eigenvalue weighted by Crippen LogP contribution is -2.49. The van der Waals surface area contributed by atoms with Crippen molar-refractivity contribution >= 4 is 49.7 Å². The van der Waals surface area contributed by atoms with Crippen LogP contribution in [0.15, 0.2) is 65.0 Å². The van der Waals surface area contributed by atoms with Crippen molar-refractivity contribution in [2.75, 3.05) is 35.8 Å². The van der Waals surface area contributed by atoms with E-state index in [1.807, 2.05) is 23.1 Å². The van der Waals surface area contributed by atoms with Gasteiger partial charge in [-0.1, -0.05) is 23.7 Å². The van der Waals surface area contributed by atoms with E-state index in [9.17, 15) is 13.2 Å². The van der Waals surface area contributed by atoms with Crippen molar-refractivity contribution < 1.29 is 13.2 Å². The highest BCUT2D eigenvalue weighted by molar-refractivity contribution is 7.93. The number of nitrogens with one attached hydrogen (secondary N) is 1. The summed E-state index contributed by atoms with van der Waals surface area (Å²) in [6, 6.07) is 14.1. The average Bonchev–Trinajstić information content (AvgIpc) is 3.26. The number of sulfonamides is 1. The van der Waals surface area contributed by atoms with E-state index in [1.54, 1.807) is 41.9 Å².